The minimum absolute atomic E-state index is 0.0566. The second-order valence-corrected chi connectivity index (χ2v) is 5.27. The van der Waals surface area contributed by atoms with E-state index in [-0.39, 0.29) is 5.78 Å². The van der Waals surface area contributed by atoms with E-state index in [1.165, 1.54) is 0 Å². The highest BCUT2D eigenvalue weighted by Crippen LogP contribution is 2.27. The first-order valence-corrected chi connectivity index (χ1v) is 6.75. The van der Waals surface area contributed by atoms with Gasteiger partial charge in [-0.1, -0.05) is 20.3 Å². The fourth-order valence-corrected chi connectivity index (χ4v) is 2.63. The SMILES string of the molecule is CCC(C)CSc1cc(C#N)ccc1C(C)=O. The van der Waals surface area contributed by atoms with Crippen LogP contribution in [0, 0.1) is 17.2 Å². The number of thioether (sulfide) groups is 1. The molecule has 0 aliphatic rings. The van der Waals surface area contributed by atoms with Gasteiger partial charge in [0.1, 0.15) is 0 Å². The second kappa shape index (κ2) is 6.46. The summed E-state index contributed by atoms with van der Waals surface area (Å²) in [5, 5.41) is 8.87. The van der Waals surface area contributed by atoms with E-state index >= 15 is 0 Å². The maximum absolute atomic E-state index is 11.5. The van der Waals surface area contributed by atoms with Gasteiger partial charge in [0.2, 0.25) is 0 Å². The highest BCUT2D eigenvalue weighted by Gasteiger charge is 2.10. The Balaban J connectivity index is 2.94. The molecule has 1 aromatic carbocycles. The van der Waals surface area contributed by atoms with Gasteiger partial charge in [-0.25, -0.2) is 0 Å². The van der Waals surface area contributed by atoms with E-state index in [1.54, 1.807) is 30.8 Å². The van der Waals surface area contributed by atoms with Crippen molar-refractivity contribution in [1.82, 2.24) is 0 Å². The maximum Gasteiger partial charge on any atom is 0.160 e. The lowest BCUT2D eigenvalue weighted by Gasteiger charge is -2.10. The van der Waals surface area contributed by atoms with Crippen molar-refractivity contribution >= 4 is 17.5 Å². The standard InChI is InChI=1S/C14H17NOS/c1-4-10(2)9-17-14-7-12(8-15)5-6-13(14)11(3)16/h5-7,10H,4,9H2,1-3H3. The van der Waals surface area contributed by atoms with Crippen LogP contribution in [0.15, 0.2) is 23.1 Å². The molecule has 0 fully saturated rings. The zero-order valence-electron chi connectivity index (χ0n) is 10.5. The summed E-state index contributed by atoms with van der Waals surface area (Å²) >= 11 is 1.67. The largest absolute Gasteiger partial charge is 0.294 e. The van der Waals surface area contributed by atoms with Gasteiger partial charge in [-0.15, -0.1) is 11.8 Å². The Morgan fingerprint density at radius 1 is 1.53 bits per heavy atom. The van der Waals surface area contributed by atoms with Gasteiger partial charge >= 0.3 is 0 Å². The van der Waals surface area contributed by atoms with E-state index in [0.717, 1.165) is 22.6 Å². The zero-order valence-corrected chi connectivity index (χ0v) is 11.3. The Hall–Kier alpha value is -1.27. The van der Waals surface area contributed by atoms with Crippen LogP contribution >= 0.6 is 11.8 Å². The number of rotatable bonds is 5. The van der Waals surface area contributed by atoms with Crippen LogP contribution in [-0.2, 0) is 0 Å². The van der Waals surface area contributed by atoms with Gasteiger partial charge in [0.05, 0.1) is 11.6 Å². The summed E-state index contributed by atoms with van der Waals surface area (Å²) in [6, 6.07) is 7.37. The van der Waals surface area contributed by atoms with E-state index in [1.807, 2.05) is 6.07 Å². The van der Waals surface area contributed by atoms with E-state index < -0.39 is 0 Å². The molecule has 0 aliphatic carbocycles. The van der Waals surface area contributed by atoms with Crippen molar-refractivity contribution in [1.29, 1.82) is 5.26 Å². The van der Waals surface area contributed by atoms with E-state index in [2.05, 4.69) is 19.9 Å². The van der Waals surface area contributed by atoms with Crippen molar-refractivity contribution < 1.29 is 4.79 Å². The number of carbonyl (C=O) groups excluding carboxylic acids is 1. The van der Waals surface area contributed by atoms with Gasteiger partial charge in [-0.2, -0.15) is 5.26 Å². The molecule has 90 valence electrons. The van der Waals surface area contributed by atoms with Crippen molar-refractivity contribution in [2.75, 3.05) is 5.75 Å². The molecule has 0 aromatic heterocycles. The van der Waals surface area contributed by atoms with Gasteiger partial charge in [-0.3, -0.25) is 4.79 Å². The van der Waals surface area contributed by atoms with Crippen molar-refractivity contribution in [2.24, 2.45) is 5.92 Å². The summed E-state index contributed by atoms with van der Waals surface area (Å²) in [5.41, 5.74) is 1.33. The quantitative estimate of drug-likeness (QED) is 0.585. The Bertz CT molecular complexity index is 448. The smallest absolute Gasteiger partial charge is 0.160 e. The third-order valence-electron chi connectivity index (χ3n) is 2.71. The highest BCUT2D eigenvalue weighted by molar-refractivity contribution is 7.99. The summed E-state index contributed by atoms with van der Waals surface area (Å²) in [7, 11) is 0. The van der Waals surface area contributed by atoms with Crippen LogP contribution < -0.4 is 0 Å². The fourth-order valence-electron chi connectivity index (χ4n) is 1.35. The first-order chi connectivity index (χ1) is 8.08. The Morgan fingerprint density at radius 3 is 2.76 bits per heavy atom. The van der Waals surface area contributed by atoms with Gasteiger partial charge in [0, 0.05) is 16.2 Å². The summed E-state index contributed by atoms with van der Waals surface area (Å²) in [6.45, 7) is 5.91. The molecule has 0 bridgehead atoms. The Labute approximate surface area is 107 Å². The minimum Gasteiger partial charge on any atom is -0.294 e. The molecule has 2 nitrogen and oxygen atoms in total. The van der Waals surface area contributed by atoms with Crippen molar-refractivity contribution in [2.45, 2.75) is 32.1 Å². The third-order valence-corrected chi connectivity index (χ3v) is 4.09. The van der Waals surface area contributed by atoms with Crippen LogP contribution in [0.4, 0.5) is 0 Å². The van der Waals surface area contributed by atoms with Crippen molar-refractivity contribution in [3.05, 3.63) is 29.3 Å². The number of carbonyl (C=O) groups is 1. The van der Waals surface area contributed by atoms with E-state index in [9.17, 15) is 4.79 Å². The molecule has 3 heteroatoms. The molecular formula is C14H17NOS. The van der Waals surface area contributed by atoms with Crippen LogP contribution in [0.1, 0.15) is 43.1 Å². The molecule has 0 saturated carbocycles. The highest BCUT2D eigenvalue weighted by atomic mass is 32.2. The molecule has 17 heavy (non-hydrogen) atoms. The first kappa shape index (κ1) is 13.8. The molecule has 0 heterocycles. The fraction of sp³-hybridized carbons (Fsp3) is 0.429. The van der Waals surface area contributed by atoms with Crippen LogP contribution in [-0.4, -0.2) is 11.5 Å². The molecular weight excluding hydrogens is 230 g/mol. The van der Waals surface area contributed by atoms with E-state index in [0.29, 0.717) is 11.5 Å². The second-order valence-electron chi connectivity index (χ2n) is 4.20. The number of nitrogens with zero attached hydrogens (tertiary/aromatic N) is 1. The summed E-state index contributed by atoms with van der Waals surface area (Å²) in [4.78, 5) is 12.4. The molecule has 0 saturated heterocycles. The molecule has 0 spiro atoms. The van der Waals surface area contributed by atoms with Crippen LogP contribution in [0.3, 0.4) is 0 Å². The molecule has 0 N–H and O–H groups in total. The Kier molecular flexibility index (Phi) is 5.24. The summed E-state index contributed by atoms with van der Waals surface area (Å²) in [6.07, 6.45) is 1.13. The van der Waals surface area contributed by atoms with Gasteiger partial charge in [0.25, 0.3) is 0 Å². The maximum atomic E-state index is 11.5. The predicted octanol–water partition coefficient (Wildman–Crippen LogP) is 3.90. The number of nitriles is 1. The lowest BCUT2D eigenvalue weighted by atomic mass is 10.1. The Morgan fingerprint density at radius 2 is 2.24 bits per heavy atom. The lowest BCUT2D eigenvalue weighted by molar-refractivity contribution is 0.101. The lowest BCUT2D eigenvalue weighted by Crippen LogP contribution is -2.00. The van der Waals surface area contributed by atoms with Gasteiger partial charge < -0.3 is 0 Å². The number of benzene rings is 1. The van der Waals surface area contributed by atoms with Crippen LogP contribution in [0.5, 0.6) is 0 Å². The molecule has 1 unspecified atom stereocenters. The summed E-state index contributed by atoms with van der Waals surface area (Å²) < 4.78 is 0. The molecule has 1 aromatic rings. The topological polar surface area (TPSA) is 40.9 Å². The van der Waals surface area contributed by atoms with Crippen LogP contribution in [0.25, 0.3) is 0 Å². The number of hydrogen-bond donors (Lipinski definition) is 0. The number of hydrogen-bond acceptors (Lipinski definition) is 3. The molecule has 1 atom stereocenters. The molecule has 0 aliphatic heterocycles. The molecule has 0 radical (unpaired) electrons. The third kappa shape index (κ3) is 3.90. The average molecular weight is 247 g/mol. The normalized spacial score (nSPS) is 11.9. The molecule has 1 rings (SSSR count). The monoisotopic (exact) mass is 247 g/mol. The number of Topliss-reactive ketones (excluding diaryl/α,β-unsaturated/α-hetero) is 1. The van der Waals surface area contributed by atoms with Crippen LogP contribution in [0.2, 0.25) is 0 Å². The van der Waals surface area contributed by atoms with Gasteiger partial charge in [-0.05, 0) is 31.0 Å². The molecule has 0 amide bonds. The minimum atomic E-state index is 0.0566. The first-order valence-electron chi connectivity index (χ1n) is 5.76. The predicted molar refractivity (Wildman–Crippen MR) is 71.3 cm³/mol. The van der Waals surface area contributed by atoms with Crippen molar-refractivity contribution in [3.8, 4) is 6.07 Å². The van der Waals surface area contributed by atoms with Gasteiger partial charge in [0.15, 0.2) is 5.78 Å². The average Bonchev–Trinajstić information content (AvgIpc) is 2.35. The summed E-state index contributed by atoms with van der Waals surface area (Å²) in [5.74, 6) is 1.65. The number of ketones is 1. The van der Waals surface area contributed by atoms with Crippen molar-refractivity contribution in [3.63, 3.8) is 0 Å². The zero-order chi connectivity index (χ0) is 12.8. The van der Waals surface area contributed by atoms with E-state index in [4.69, 9.17) is 5.26 Å².